The Labute approximate surface area is 197 Å². The molecule has 172 valence electrons. The predicted molar refractivity (Wildman–Crippen MR) is 124 cm³/mol. The Morgan fingerprint density at radius 1 is 1.00 bits per heavy atom. The highest BCUT2D eigenvalue weighted by Gasteiger charge is 2.40. The number of carbonyl (C=O) groups is 3. The van der Waals surface area contributed by atoms with Crippen molar-refractivity contribution in [3.8, 4) is 0 Å². The van der Waals surface area contributed by atoms with Crippen LogP contribution in [0.25, 0.3) is 0 Å². The number of hydrogen-bond acceptors (Lipinski definition) is 5. The average Bonchev–Trinajstić information content (AvgIpc) is 3.10. The van der Waals surface area contributed by atoms with Crippen LogP contribution in [0.15, 0.2) is 42.5 Å². The molecule has 33 heavy (non-hydrogen) atoms. The zero-order valence-corrected chi connectivity index (χ0v) is 19.1. The van der Waals surface area contributed by atoms with Crippen molar-refractivity contribution in [2.45, 2.75) is 19.4 Å². The minimum atomic E-state index is -0.313. The zero-order valence-electron chi connectivity index (χ0n) is 18.3. The summed E-state index contributed by atoms with van der Waals surface area (Å²) < 4.78 is 5.37. The number of benzene rings is 2. The van der Waals surface area contributed by atoms with Gasteiger partial charge in [-0.05, 0) is 36.6 Å². The average molecular weight is 468 g/mol. The number of ether oxygens (including phenoxy) is 1. The summed E-state index contributed by atoms with van der Waals surface area (Å²) in [6, 6.07) is 12.6. The highest BCUT2D eigenvalue weighted by atomic mass is 35.5. The van der Waals surface area contributed by atoms with E-state index in [1.807, 2.05) is 35.2 Å². The van der Waals surface area contributed by atoms with Crippen molar-refractivity contribution in [3.63, 3.8) is 0 Å². The molecular weight excluding hydrogens is 442 g/mol. The minimum absolute atomic E-state index is 0.126. The van der Waals surface area contributed by atoms with Crippen molar-refractivity contribution < 1.29 is 19.1 Å². The van der Waals surface area contributed by atoms with Gasteiger partial charge in [-0.15, -0.1) is 0 Å². The van der Waals surface area contributed by atoms with Gasteiger partial charge in [0.05, 0.1) is 42.5 Å². The fourth-order valence-electron chi connectivity index (χ4n) is 4.96. The minimum Gasteiger partial charge on any atom is -0.378 e. The Kier molecular flexibility index (Phi) is 6.08. The lowest BCUT2D eigenvalue weighted by Crippen LogP contribution is -2.48. The largest absolute Gasteiger partial charge is 0.378 e. The quantitative estimate of drug-likeness (QED) is 0.646. The Hall–Kier alpha value is -2.90. The predicted octanol–water partition coefficient (Wildman–Crippen LogP) is 3.21. The molecule has 0 aliphatic carbocycles. The van der Waals surface area contributed by atoms with Crippen molar-refractivity contribution in [2.75, 3.05) is 44.3 Å². The molecule has 0 N–H and O–H groups in total. The molecule has 1 atom stereocenters. The summed E-state index contributed by atoms with van der Waals surface area (Å²) in [5.74, 6) is -0.598. The third-order valence-electron chi connectivity index (χ3n) is 6.70. The van der Waals surface area contributed by atoms with Gasteiger partial charge in [0.25, 0.3) is 11.8 Å². The van der Waals surface area contributed by atoms with Gasteiger partial charge in [-0.1, -0.05) is 35.9 Å². The number of piperidine rings is 1. The van der Waals surface area contributed by atoms with Crippen LogP contribution in [0.1, 0.15) is 39.1 Å². The van der Waals surface area contributed by atoms with Gasteiger partial charge in [0.2, 0.25) is 5.91 Å². The van der Waals surface area contributed by atoms with E-state index >= 15 is 0 Å². The van der Waals surface area contributed by atoms with Gasteiger partial charge in [-0.25, -0.2) is 0 Å². The smallest absolute Gasteiger partial charge is 0.263 e. The van der Waals surface area contributed by atoms with Crippen LogP contribution in [-0.4, -0.2) is 66.9 Å². The number of fused-ring (bicyclic) bond motifs is 1. The lowest BCUT2D eigenvalue weighted by molar-refractivity contribution is -0.139. The van der Waals surface area contributed by atoms with E-state index in [9.17, 15) is 14.4 Å². The maximum atomic E-state index is 13.4. The molecule has 0 aromatic heterocycles. The Bertz CT molecular complexity index is 1100. The molecule has 2 aromatic rings. The molecule has 2 aromatic carbocycles. The van der Waals surface area contributed by atoms with Gasteiger partial charge >= 0.3 is 0 Å². The fourth-order valence-corrected chi connectivity index (χ4v) is 5.15. The molecule has 0 radical (unpaired) electrons. The second kappa shape index (κ2) is 9.15. The molecule has 7 nitrogen and oxygen atoms in total. The molecule has 0 spiro atoms. The summed E-state index contributed by atoms with van der Waals surface area (Å²) in [7, 11) is 0. The van der Waals surface area contributed by atoms with Crippen LogP contribution in [0, 0.1) is 5.92 Å². The van der Waals surface area contributed by atoms with Crippen LogP contribution in [0.3, 0.4) is 0 Å². The van der Waals surface area contributed by atoms with E-state index in [4.69, 9.17) is 16.3 Å². The summed E-state index contributed by atoms with van der Waals surface area (Å²) >= 11 is 6.27. The van der Waals surface area contributed by atoms with E-state index in [0.717, 1.165) is 30.6 Å². The molecule has 3 aliphatic heterocycles. The first kappa shape index (κ1) is 21.9. The topological polar surface area (TPSA) is 70.2 Å². The molecular formula is C25H26ClN3O4. The lowest BCUT2D eigenvalue weighted by Gasteiger charge is -2.37. The van der Waals surface area contributed by atoms with Gasteiger partial charge in [0, 0.05) is 31.2 Å². The zero-order chi connectivity index (χ0) is 22.9. The van der Waals surface area contributed by atoms with E-state index in [1.54, 1.807) is 12.1 Å². The maximum Gasteiger partial charge on any atom is 0.263 e. The van der Waals surface area contributed by atoms with E-state index in [-0.39, 0.29) is 30.2 Å². The van der Waals surface area contributed by atoms with Crippen molar-refractivity contribution in [3.05, 3.63) is 64.2 Å². The van der Waals surface area contributed by atoms with Gasteiger partial charge in [-0.3, -0.25) is 19.3 Å². The van der Waals surface area contributed by atoms with E-state index in [0.29, 0.717) is 49.0 Å². The molecule has 2 fully saturated rings. The molecule has 3 aliphatic rings. The molecule has 3 heterocycles. The van der Waals surface area contributed by atoms with Crippen molar-refractivity contribution in [1.82, 2.24) is 9.80 Å². The summed E-state index contributed by atoms with van der Waals surface area (Å²) in [6.07, 6.45) is 1.68. The maximum absolute atomic E-state index is 13.4. The van der Waals surface area contributed by atoms with Gasteiger partial charge in [0.1, 0.15) is 0 Å². The normalized spacial score (nSPS) is 20.9. The first-order valence-corrected chi connectivity index (χ1v) is 11.8. The highest BCUT2D eigenvalue weighted by Crippen LogP contribution is 2.35. The van der Waals surface area contributed by atoms with Crippen molar-refractivity contribution in [2.24, 2.45) is 5.92 Å². The number of nitrogens with zero attached hydrogens (tertiary/aromatic N) is 3. The number of imide groups is 1. The van der Waals surface area contributed by atoms with E-state index in [2.05, 4.69) is 4.90 Å². The molecule has 0 saturated carbocycles. The van der Waals surface area contributed by atoms with Crippen LogP contribution in [0.4, 0.5) is 5.69 Å². The molecule has 8 heteroatoms. The Morgan fingerprint density at radius 3 is 2.58 bits per heavy atom. The number of anilines is 1. The summed E-state index contributed by atoms with van der Waals surface area (Å²) in [5.41, 5.74) is 2.29. The molecule has 0 unspecified atom stereocenters. The Balaban J connectivity index is 1.38. The first-order valence-electron chi connectivity index (χ1n) is 11.4. The number of carbonyl (C=O) groups excluding carboxylic acids is 3. The van der Waals surface area contributed by atoms with Crippen LogP contribution in [0.2, 0.25) is 5.02 Å². The van der Waals surface area contributed by atoms with Crippen molar-refractivity contribution in [1.29, 1.82) is 0 Å². The molecule has 5 rings (SSSR count). The first-order chi connectivity index (χ1) is 16.0. The van der Waals surface area contributed by atoms with Crippen LogP contribution >= 0.6 is 11.6 Å². The van der Waals surface area contributed by atoms with Gasteiger partial charge < -0.3 is 14.5 Å². The highest BCUT2D eigenvalue weighted by molar-refractivity contribution is 6.31. The number of amides is 3. The molecule has 2 saturated heterocycles. The van der Waals surface area contributed by atoms with Crippen molar-refractivity contribution >= 4 is 35.0 Å². The SMILES string of the molecule is O=C([C@@H]1CCCN(c2cccc3c2C(=O)N(Cc2ccccc2Cl)C3=O)C1)N1CCOCC1. The third kappa shape index (κ3) is 4.11. The molecule has 3 amide bonds. The summed E-state index contributed by atoms with van der Waals surface area (Å²) in [4.78, 5) is 44.8. The van der Waals surface area contributed by atoms with E-state index < -0.39 is 0 Å². The van der Waals surface area contributed by atoms with Gasteiger partial charge in [-0.2, -0.15) is 0 Å². The number of hydrogen-bond donors (Lipinski definition) is 0. The molecule has 0 bridgehead atoms. The standard InChI is InChI=1S/C25H26ClN3O4/c26-20-8-2-1-5-17(20)16-29-24(31)19-7-3-9-21(22(19)25(29)32)28-10-4-6-18(15-28)23(30)27-11-13-33-14-12-27/h1-3,5,7-9,18H,4,6,10-16H2/t18-/m1/s1. The number of morpholine rings is 1. The van der Waals surface area contributed by atoms with Crippen LogP contribution in [-0.2, 0) is 16.1 Å². The number of rotatable bonds is 4. The van der Waals surface area contributed by atoms with E-state index in [1.165, 1.54) is 4.90 Å². The lowest BCUT2D eigenvalue weighted by atomic mass is 9.94. The monoisotopic (exact) mass is 467 g/mol. The fraction of sp³-hybridized carbons (Fsp3) is 0.400. The number of halogens is 1. The summed E-state index contributed by atoms with van der Waals surface area (Å²) in [6.45, 7) is 3.82. The summed E-state index contributed by atoms with van der Waals surface area (Å²) in [5, 5.41) is 0.523. The third-order valence-corrected chi connectivity index (χ3v) is 7.07. The second-order valence-electron chi connectivity index (χ2n) is 8.71. The Morgan fingerprint density at radius 2 is 1.79 bits per heavy atom. The van der Waals surface area contributed by atoms with Crippen LogP contribution in [0.5, 0.6) is 0 Å². The van der Waals surface area contributed by atoms with Crippen LogP contribution < -0.4 is 4.90 Å². The second-order valence-corrected chi connectivity index (χ2v) is 9.12. The van der Waals surface area contributed by atoms with Gasteiger partial charge in [0.15, 0.2) is 0 Å².